The van der Waals surface area contributed by atoms with Crippen molar-refractivity contribution in [2.24, 2.45) is 17.3 Å². The number of aldehydes is 1. The Kier molecular flexibility index (Phi) is 23.7. The molecule has 3 fully saturated rings. The number of aryl methyl sites for hydroxylation is 1. The van der Waals surface area contributed by atoms with Crippen LogP contribution in [0.1, 0.15) is 85.9 Å². The van der Waals surface area contributed by atoms with E-state index in [0.717, 1.165) is 88.3 Å². The Bertz CT molecular complexity index is 2030. The summed E-state index contributed by atoms with van der Waals surface area (Å²) in [5, 5.41) is 5.68. The first-order valence-corrected chi connectivity index (χ1v) is 24.0. The Morgan fingerprint density at radius 3 is 2.34 bits per heavy atom. The first-order chi connectivity index (χ1) is 32.1. The largest absolute Gasteiger partial charge is 0.467 e. The molecule has 0 spiro atoms. The predicted molar refractivity (Wildman–Crippen MR) is 265 cm³/mol. The van der Waals surface area contributed by atoms with Gasteiger partial charge >= 0.3 is 0 Å². The maximum atomic E-state index is 12.3. The standard InChI is InChI=1S/C27H35N3O4.C14H28N4O2.C8H11NO2.C2H6/c1-5-30-25-9-8-20(29-11-13-33-14-12-29)15-22(25)23(16-27(2,3)18-34-19-31)26(30)21-7-6-10-28-24(21)17-32-4;1-10(2)12(17(4)5)13(19)16-11(3)14(20)18-9-7-6-8-15-18;1-2-8(11)9-4-3-7(5-9)6-10;1-2/h6-10,15,19H,5,11-14,16-18H2,1-4H3;10-12,15H,6-9H2,1-5H3,(H,16,19);2,6-7H,1,3-5H2;1-2H3. The van der Waals surface area contributed by atoms with Crippen molar-refractivity contribution >= 4 is 47.1 Å². The third-order valence-electron chi connectivity index (χ3n) is 11.9. The van der Waals surface area contributed by atoms with Gasteiger partial charge in [-0.05, 0) is 102 Å². The number of hydrogen-bond acceptors (Lipinski definition) is 12. The summed E-state index contributed by atoms with van der Waals surface area (Å²) in [6, 6.07) is 10.1. The number of ether oxygens (including phenoxy) is 3. The number of amides is 3. The molecule has 3 atom stereocenters. The zero-order valence-electron chi connectivity index (χ0n) is 42.3. The molecule has 0 radical (unpaired) electrons. The normalized spacial score (nSPS) is 17.0. The average molecular weight is 933 g/mol. The van der Waals surface area contributed by atoms with Gasteiger partial charge in [0.15, 0.2) is 0 Å². The number of anilines is 1. The molecular formula is C51H80N8O8. The third kappa shape index (κ3) is 16.0. The number of likely N-dealkylation sites (tertiary alicyclic amines) is 1. The van der Waals surface area contributed by atoms with Gasteiger partial charge in [-0.2, -0.15) is 0 Å². The summed E-state index contributed by atoms with van der Waals surface area (Å²) in [5.41, 5.74) is 9.65. The van der Waals surface area contributed by atoms with E-state index in [2.05, 4.69) is 76.8 Å². The summed E-state index contributed by atoms with van der Waals surface area (Å²) < 4.78 is 18.6. The molecule has 0 bridgehead atoms. The molecule has 6 rings (SSSR count). The topological polar surface area (TPSA) is 168 Å². The fourth-order valence-electron chi connectivity index (χ4n) is 8.77. The second kappa shape index (κ2) is 28.2. The van der Waals surface area contributed by atoms with Crippen LogP contribution < -0.4 is 15.6 Å². The zero-order valence-corrected chi connectivity index (χ0v) is 42.3. The van der Waals surface area contributed by atoms with E-state index in [-0.39, 0.29) is 41.0 Å². The molecule has 2 N–H and O–H groups in total. The summed E-state index contributed by atoms with van der Waals surface area (Å²) in [7, 11) is 5.45. The van der Waals surface area contributed by atoms with Gasteiger partial charge in [-0.15, -0.1) is 0 Å². The fraction of sp³-hybridized carbons (Fsp3) is 0.608. The lowest BCUT2D eigenvalue weighted by Gasteiger charge is -2.32. The lowest BCUT2D eigenvalue weighted by Crippen LogP contribution is -2.57. The van der Waals surface area contributed by atoms with Gasteiger partial charge in [-0.25, -0.2) is 5.43 Å². The van der Waals surface area contributed by atoms with Crippen LogP contribution in [0, 0.1) is 17.3 Å². The Labute approximate surface area is 399 Å². The number of benzene rings is 1. The first-order valence-electron chi connectivity index (χ1n) is 24.0. The average Bonchev–Trinajstić information content (AvgIpc) is 3.94. The van der Waals surface area contributed by atoms with Crippen molar-refractivity contribution < 1.29 is 38.2 Å². The molecule has 5 heterocycles. The van der Waals surface area contributed by atoms with Crippen molar-refractivity contribution in [2.45, 2.75) is 106 Å². The summed E-state index contributed by atoms with van der Waals surface area (Å²) in [6.45, 7) is 27.8. The summed E-state index contributed by atoms with van der Waals surface area (Å²) in [4.78, 5) is 67.3. The number of morpholine rings is 1. The van der Waals surface area contributed by atoms with E-state index in [0.29, 0.717) is 39.3 Å². The molecule has 16 nitrogen and oxygen atoms in total. The van der Waals surface area contributed by atoms with Crippen molar-refractivity contribution in [3.05, 3.63) is 60.4 Å². The molecule has 3 aromatic rings. The smallest absolute Gasteiger partial charge is 0.293 e. The number of rotatable bonds is 17. The zero-order chi connectivity index (χ0) is 49.7. The van der Waals surface area contributed by atoms with Crippen LogP contribution in [0.4, 0.5) is 5.69 Å². The quantitative estimate of drug-likeness (QED) is 0.122. The van der Waals surface area contributed by atoms with Gasteiger partial charge in [0, 0.05) is 92.6 Å². The molecule has 3 aliphatic rings. The molecular weight excluding hydrogens is 853 g/mol. The highest BCUT2D eigenvalue weighted by Crippen LogP contribution is 2.40. The van der Waals surface area contributed by atoms with Crippen molar-refractivity contribution in [1.29, 1.82) is 0 Å². The third-order valence-corrected chi connectivity index (χ3v) is 11.9. The Morgan fingerprint density at radius 1 is 1.06 bits per heavy atom. The van der Waals surface area contributed by atoms with Gasteiger partial charge in [0.1, 0.15) is 12.3 Å². The number of fused-ring (bicyclic) bond motifs is 1. The van der Waals surface area contributed by atoms with Crippen LogP contribution in [-0.2, 0) is 57.8 Å². The van der Waals surface area contributed by atoms with Crippen molar-refractivity contribution in [2.75, 3.05) is 85.2 Å². The van der Waals surface area contributed by atoms with Crippen LogP contribution >= 0.6 is 0 Å². The van der Waals surface area contributed by atoms with E-state index >= 15 is 0 Å². The first kappa shape index (κ1) is 56.2. The van der Waals surface area contributed by atoms with Crippen molar-refractivity contribution in [3.63, 3.8) is 0 Å². The monoisotopic (exact) mass is 933 g/mol. The molecule has 0 saturated carbocycles. The number of carbonyl (C=O) groups is 5. The van der Waals surface area contributed by atoms with E-state index in [4.69, 9.17) is 14.2 Å². The lowest BCUT2D eigenvalue weighted by atomic mass is 9.84. The van der Waals surface area contributed by atoms with Gasteiger partial charge in [0.05, 0.1) is 43.9 Å². The molecule has 3 saturated heterocycles. The van der Waals surface area contributed by atoms with Crippen LogP contribution in [0.5, 0.6) is 0 Å². The van der Waals surface area contributed by atoms with Crippen LogP contribution in [-0.4, -0.2) is 147 Å². The van der Waals surface area contributed by atoms with Gasteiger partial charge < -0.3 is 38.7 Å². The van der Waals surface area contributed by atoms with Gasteiger partial charge in [-0.1, -0.05) is 48.1 Å². The molecule has 3 amide bonds. The number of methoxy groups -OCH3 is 1. The van der Waals surface area contributed by atoms with E-state index in [1.165, 1.54) is 28.2 Å². The predicted octanol–water partition coefficient (Wildman–Crippen LogP) is 5.90. The summed E-state index contributed by atoms with van der Waals surface area (Å²) in [6.07, 6.45) is 7.65. The number of nitrogens with one attached hydrogen (secondary N) is 2. The summed E-state index contributed by atoms with van der Waals surface area (Å²) >= 11 is 0. The number of aromatic nitrogens is 2. The van der Waals surface area contributed by atoms with E-state index in [9.17, 15) is 24.0 Å². The maximum Gasteiger partial charge on any atom is 0.293 e. The number of hydrazine groups is 1. The number of nitrogens with zero attached hydrogens (tertiary/aromatic N) is 6. The summed E-state index contributed by atoms with van der Waals surface area (Å²) in [5.74, 6) is -0.00386. The molecule has 16 heteroatoms. The molecule has 2 aromatic heterocycles. The van der Waals surface area contributed by atoms with Gasteiger partial charge in [0.2, 0.25) is 11.8 Å². The minimum absolute atomic E-state index is 0.0406. The number of likely N-dealkylation sites (N-methyl/N-ethyl adjacent to an activating group) is 1. The van der Waals surface area contributed by atoms with E-state index < -0.39 is 6.04 Å². The second-order valence-corrected chi connectivity index (χ2v) is 18.2. The van der Waals surface area contributed by atoms with E-state index in [1.54, 1.807) is 23.9 Å². The molecule has 67 heavy (non-hydrogen) atoms. The van der Waals surface area contributed by atoms with Gasteiger partial charge in [-0.3, -0.25) is 34.1 Å². The molecule has 1 aromatic carbocycles. The Balaban J connectivity index is 0.000000303. The molecule has 3 aliphatic heterocycles. The molecule has 0 aliphatic carbocycles. The Hall–Kier alpha value is -5.16. The highest BCUT2D eigenvalue weighted by Gasteiger charge is 2.31. The van der Waals surface area contributed by atoms with Crippen molar-refractivity contribution in [3.8, 4) is 11.3 Å². The van der Waals surface area contributed by atoms with Gasteiger partial charge in [0.25, 0.3) is 12.4 Å². The highest BCUT2D eigenvalue weighted by molar-refractivity contribution is 5.95. The van der Waals surface area contributed by atoms with Crippen LogP contribution in [0.3, 0.4) is 0 Å². The SMILES string of the molecule is C=CC(=O)N1CCC(C=O)C1.CC.CC(NC(=O)C(C(C)C)N(C)C)C(=O)N1CCCCN1.CCn1c(-c2cccnc2COC)c(CC(C)(C)COC=O)c2cc(N3CCOCC3)ccc21. The minimum atomic E-state index is -0.505. The number of pyridine rings is 1. The maximum absolute atomic E-state index is 12.3. The van der Waals surface area contributed by atoms with Crippen molar-refractivity contribution in [1.82, 2.24) is 35.1 Å². The van der Waals surface area contributed by atoms with E-state index in [1.807, 2.05) is 59.0 Å². The number of carbonyl (C=O) groups excluding carboxylic acids is 5. The second-order valence-electron chi connectivity index (χ2n) is 18.2. The highest BCUT2D eigenvalue weighted by atomic mass is 16.5. The Morgan fingerprint density at radius 2 is 1.78 bits per heavy atom. The van der Waals surface area contributed by atoms with Crippen LogP contribution in [0.25, 0.3) is 22.2 Å². The molecule has 3 unspecified atom stereocenters. The molecule has 372 valence electrons. The lowest BCUT2D eigenvalue weighted by molar-refractivity contribution is -0.140. The fourth-order valence-corrected chi connectivity index (χ4v) is 8.77. The minimum Gasteiger partial charge on any atom is -0.467 e. The van der Waals surface area contributed by atoms with Crippen LogP contribution in [0.2, 0.25) is 0 Å². The number of hydrogen-bond donors (Lipinski definition) is 2. The van der Waals surface area contributed by atoms with Crippen LogP contribution in [0.15, 0.2) is 49.2 Å².